The van der Waals surface area contributed by atoms with Crippen LogP contribution >= 0.6 is 11.6 Å². The monoisotopic (exact) mass is 403 g/mol. The second-order valence-corrected chi connectivity index (χ2v) is 6.86. The maximum atomic E-state index is 12.4. The fourth-order valence-electron chi connectivity index (χ4n) is 2.80. The third kappa shape index (κ3) is 5.97. The predicted molar refractivity (Wildman–Crippen MR) is 104 cm³/mol. The Hall–Kier alpha value is -2.57. The maximum absolute atomic E-state index is 12.4. The van der Waals surface area contributed by atoms with Gasteiger partial charge in [0.2, 0.25) is 0 Å². The normalized spacial score (nSPS) is 15.8. The summed E-state index contributed by atoms with van der Waals surface area (Å²) in [6, 6.07) is 14.0. The molecule has 148 valence electrons. The SMILES string of the molecule is O=C(COC(=O)c1ccccc1OCc1ccc(Cl)cc1)NC[C@H]1CCCO1. The van der Waals surface area contributed by atoms with Gasteiger partial charge in [0.25, 0.3) is 5.91 Å². The highest BCUT2D eigenvalue weighted by Crippen LogP contribution is 2.21. The van der Waals surface area contributed by atoms with Crippen molar-refractivity contribution in [1.82, 2.24) is 5.32 Å². The Morgan fingerprint density at radius 3 is 2.68 bits per heavy atom. The van der Waals surface area contributed by atoms with Crippen LogP contribution < -0.4 is 10.1 Å². The van der Waals surface area contributed by atoms with Gasteiger partial charge >= 0.3 is 5.97 Å². The Kier molecular flexibility index (Phi) is 7.28. The van der Waals surface area contributed by atoms with Gasteiger partial charge in [0.1, 0.15) is 17.9 Å². The number of rotatable bonds is 8. The zero-order chi connectivity index (χ0) is 19.8. The lowest BCUT2D eigenvalue weighted by Crippen LogP contribution is -2.34. The Labute approximate surface area is 168 Å². The van der Waals surface area contributed by atoms with E-state index in [1.54, 1.807) is 36.4 Å². The molecule has 0 bridgehead atoms. The van der Waals surface area contributed by atoms with Gasteiger partial charge in [0.05, 0.1) is 6.10 Å². The van der Waals surface area contributed by atoms with Gasteiger partial charge in [-0.1, -0.05) is 35.9 Å². The van der Waals surface area contributed by atoms with Crippen LogP contribution in [0.2, 0.25) is 5.02 Å². The summed E-state index contributed by atoms with van der Waals surface area (Å²) < 4.78 is 16.3. The van der Waals surface area contributed by atoms with E-state index in [9.17, 15) is 9.59 Å². The third-order valence-electron chi connectivity index (χ3n) is 4.30. The molecule has 0 saturated carbocycles. The number of nitrogens with one attached hydrogen (secondary N) is 1. The summed E-state index contributed by atoms with van der Waals surface area (Å²) >= 11 is 5.87. The molecule has 0 aromatic heterocycles. The van der Waals surface area contributed by atoms with Crippen molar-refractivity contribution >= 4 is 23.5 Å². The van der Waals surface area contributed by atoms with Crippen LogP contribution in [0.1, 0.15) is 28.8 Å². The fourth-order valence-corrected chi connectivity index (χ4v) is 2.92. The van der Waals surface area contributed by atoms with E-state index in [1.807, 2.05) is 12.1 Å². The van der Waals surface area contributed by atoms with E-state index in [4.69, 9.17) is 25.8 Å². The summed E-state index contributed by atoms with van der Waals surface area (Å²) in [6.07, 6.45) is 1.97. The second-order valence-electron chi connectivity index (χ2n) is 6.43. The van der Waals surface area contributed by atoms with E-state index in [0.29, 0.717) is 17.3 Å². The first-order chi connectivity index (χ1) is 13.6. The molecule has 0 radical (unpaired) electrons. The van der Waals surface area contributed by atoms with Crippen LogP contribution in [-0.2, 0) is 20.9 Å². The molecule has 0 spiro atoms. The van der Waals surface area contributed by atoms with Gasteiger partial charge in [0.15, 0.2) is 6.61 Å². The summed E-state index contributed by atoms with van der Waals surface area (Å²) in [7, 11) is 0. The van der Waals surface area contributed by atoms with E-state index in [2.05, 4.69) is 5.32 Å². The van der Waals surface area contributed by atoms with Crippen molar-refractivity contribution in [2.45, 2.75) is 25.6 Å². The molecule has 0 unspecified atom stereocenters. The molecule has 28 heavy (non-hydrogen) atoms. The molecule has 1 aliphatic rings. The van der Waals surface area contributed by atoms with Crippen LogP contribution in [0.25, 0.3) is 0 Å². The highest BCUT2D eigenvalue weighted by atomic mass is 35.5. The smallest absolute Gasteiger partial charge is 0.342 e. The minimum Gasteiger partial charge on any atom is -0.488 e. The van der Waals surface area contributed by atoms with Crippen molar-refractivity contribution < 1.29 is 23.8 Å². The summed E-state index contributed by atoms with van der Waals surface area (Å²) in [5.74, 6) is -0.579. The van der Waals surface area contributed by atoms with E-state index >= 15 is 0 Å². The zero-order valence-corrected chi connectivity index (χ0v) is 16.1. The van der Waals surface area contributed by atoms with Gasteiger partial charge in [-0.15, -0.1) is 0 Å². The Balaban J connectivity index is 1.50. The second kappa shape index (κ2) is 10.1. The van der Waals surface area contributed by atoms with E-state index < -0.39 is 5.97 Å². The van der Waals surface area contributed by atoms with Crippen LogP contribution in [0, 0.1) is 0 Å². The topological polar surface area (TPSA) is 73.9 Å². The first-order valence-corrected chi connectivity index (χ1v) is 9.51. The summed E-state index contributed by atoms with van der Waals surface area (Å²) in [4.78, 5) is 24.2. The highest BCUT2D eigenvalue weighted by Gasteiger charge is 2.18. The van der Waals surface area contributed by atoms with E-state index in [-0.39, 0.29) is 30.8 Å². The predicted octanol–water partition coefficient (Wildman–Crippen LogP) is 3.37. The number of esters is 1. The molecule has 1 fully saturated rings. The quantitative estimate of drug-likeness (QED) is 0.684. The molecule has 1 heterocycles. The third-order valence-corrected chi connectivity index (χ3v) is 4.55. The molecule has 1 amide bonds. The number of hydrogen-bond donors (Lipinski definition) is 1. The summed E-state index contributed by atoms with van der Waals surface area (Å²) in [5, 5.41) is 3.36. The first-order valence-electron chi connectivity index (χ1n) is 9.13. The molecule has 0 aliphatic carbocycles. The minimum atomic E-state index is -0.612. The molecule has 1 atom stereocenters. The average molecular weight is 404 g/mol. The van der Waals surface area contributed by atoms with Crippen molar-refractivity contribution in [3.05, 3.63) is 64.7 Å². The van der Waals surface area contributed by atoms with Crippen molar-refractivity contribution in [2.75, 3.05) is 19.8 Å². The van der Waals surface area contributed by atoms with Gasteiger partial charge in [-0.2, -0.15) is 0 Å². The molecule has 7 heteroatoms. The van der Waals surface area contributed by atoms with E-state index in [0.717, 1.165) is 25.0 Å². The van der Waals surface area contributed by atoms with Crippen molar-refractivity contribution in [3.8, 4) is 5.75 Å². The lowest BCUT2D eigenvalue weighted by atomic mass is 10.2. The molecule has 2 aromatic rings. The Morgan fingerprint density at radius 2 is 1.93 bits per heavy atom. The number of ether oxygens (including phenoxy) is 3. The highest BCUT2D eigenvalue weighted by molar-refractivity contribution is 6.30. The average Bonchev–Trinajstić information content (AvgIpc) is 3.24. The van der Waals surface area contributed by atoms with Crippen LogP contribution in [-0.4, -0.2) is 37.7 Å². The van der Waals surface area contributed by atoms with Crippen molar-refractivity contribution in [3.63, 3.8) is 0 Å². The fraction of sp³-hybridized carbons (Fsp3) is 0.333. The molecule has 6 nitrogen and oxygen atoms in total. The minimum absolute atomic E-state index is 0.0432. The Morgan fingerprint density at radius 1 is 1.14 bits per heavy atom. The van der Waals surface area contributed by atoms with Gasteiger partial charge in [-0.3, -0.25) is 4.79 Å². The van der Waals surface area contributed by atoms with Crippen molar-refractivity contribution in [1.29, 1.82) is 0 Å². The molecule has 3 rings (SSSR count). The summed E-state index contributed by atoms with van der Waals surface area (Å²) in [5.41, 5.74) is 1.18. The number of halogens is 1. The number of carbonyl (C=O) groups is 2. The van der Waals surface area contributed by atoms with E-state index in [1.165, 1.54) is 0 Å². The van der Waals surface area contributed by atoms with Gasteiger partial charge in [0, 0.05) is 18.2 Å². The number of carbonyl (C=O) groups excluding carboxylic acids is 2. The molecule has 1 aliphatic heterocycles. The zero-order valence-electron chi connectivity index (χ0n) is 15.4. The van der Waals surface area contributed by atoms with Crippen LogP contribution in [0.3, 0.4) is 0 Å². The largest absolute Gasteiger partial charge is 0.488 e. The lowest BCUT2D eigenvalue weighted by molar-refractivity contribution is -0.124. The number of benzene rings is 2. The summed E-state index contributed by atoms with van der Waals surface area (Å²) in [6.45, 7) is 1.08. The molecular weight excluding hydrogens is 382 g/mol. The molecule has 1 saturated heterocycles. The number of hydrogen-bond acceptors (Lipinski definition) is 5. The Bertz CT molecular complexity index is 803. The van der Waals surface area contributed by atoms with Crippen LogP contribution in [0.4, 0.5) is 0 Å². The van der Waals surface area contributed by atoms with Crippen LogP contribution in [0.15, 0.2) is 48.5 Å². The molecule has 2 aromatic carbocycles. The van der Waals surface area contributed by atoms with Crippen LogP contribution in [0.5, 0.6) is 5.75 Å². The van der Waals surface area contributed by atoms with Gasteiger partial charge in [-0.25, -0.2) is 4.79 Å². The number of amides is 1. The maximum Gasteiger partial charge on any atom is 0.342 e. The molecule has 1 N–H and O–H groups in total. The van der Waals surface area contributed by atoms with Gasteiger partial charge < -0.3 is 19.5 Å². The lowest BCUT2D eigenvalue weighted by Gasteiger charge is -2.12. The van der Waals surface area contributed by atoms with Crippen molar-refractivity contribution in [2.24, 2.45) is 0 Å². The number of para-hydroxylation sites is 1. The standard InChI is InChI=1S/C21H22ClNO5/c22-16-9-7-15(8-10-16)13-27-19-6-2-1-5-18(19)21(25)28-14-20(24)23-12-17-4-3-11-26-17/h1-2,5-10,17H,3-4,11-14H2,(H,23,24)/t17-/m1/s1. The van der Waals surface area contributed by atoms with Gasteiger partial charge in [-0.05, 0) is 42.7 Å². The first kappa shape index (κ1) is 20.2. The molecular formula is C21H22ClNO5.